The van der Waals surface area contributed by atoms with Crippen LogP contribution in [0.25, 0.3) is 16.5 Å². The lowest BCUT2D eigenvalue weighted by Crippen LogP contribution is -3.14. The summed E-state index contributed by atoms with van der Waals surface area (Å²) in [6.07, 6.45) is 2.22. The second kappa shape index (κ2) is 10.8. The van der Waals surface area contributed by atoms with Crippen LogP contribution in [0.5, 0.6) is 5.75 Å². The standard InChI is InChI=1S/C27H34N4O3/c1-4-34-22-12-10-21(11-13-22)31-27(33)24-9-6-5-8-23(24)25(29-31)26(32)28-14-7-15-30-17-19(2)16-20(3)18-30/h5-6,8-13,19-20H,4,7,14-18H2,1-3H3,(H,28,32)/p+1. The summed E-state index contributed by atoms with van der Waals surface area (Å²) >= 11 is 0. The van der Waals surface area contributed by atoms with Crippen molar-refractivity contribution < 1.29 is 14.4 Å². The molecule has 2 aromatic carbocycles. The number of aromatic nitrogens is 2. The van der Waals surface area contributed by atoms with Crippen molar-refractivity contribution in [2.75, 3.05) is 32.8 Å². The topological polar surface area (TPSA) is 77.7 Å². The molecule has 0 spiro atoms. The Labute approximate surface area is 200 Å². The molecule has 1 aromatic heterocycles. The molecule has 2 heterocycles. The average Bonchev–Trinajstić information content (AvgIpc) is 2.82. The molecule has 1 amide bonds. The van der Waals surface area contributed by atoms with Gasteiger partial charge in [0.1, 0.15) is 5.75 Å². The molecule has 2 unspecified atom stereocenters. The first-order valence-corrected chi connectivity index (χ1v) is 12.3. The third-order valence-corrected chi connectivity index (χ3v) is 6.48. The van der Waals surface area contributed by atoms with Gasteiger partial charge in [0.2, 0.25) is 0 Å². The van der Waals surface area contributed by atoms with Gasteiger partial charge in [0.15, 0.2) is 5.69 Å². The number of carbonyl (C=O) groups is 1. The number of piperidine rings is 1. The molecule has 1 fully saturated rings. The average molecular weight is 464 g/mol. The Morgan fingerprint density at radius 2 is 1.76 bits per heavy atom. The Morgan fingerprint density at radius 3 is 2.44 bits per heavy atom. The molecule has 7 heteroatoms. The van der Waals surface area contributed by atoms with E-state index in [9.17, 15) is 9.59 Å². The van der Waals surface area contributed by atoms with Gasteiger partial charge in [0.25, 0.3) is 11.5 Å². The number of likely N-dealkylation sites (tertiary alicyclic amines) is 1. The fourth-order valence-corrected chi connectivity index (χ4v) is 5.13. The monoisotopic (exact) mass is 463 g/mol. The molecule has 34 heavy (non-hydrogen) atoms. The van der Waals surface area contributed by atoms with Crippen molar-refractivity contribution in [3.05, 3.63) is 64.6 Å². The largest absolute Gasteiger partial charge is 0.494 e. The SMILES string of the molecule is CCOc1ccc(-n2nc(C(=O)NCCC[NH+]3CC(C)CC(C)C3)c3ccccc3c2=O)cc1. The van der Waals surface area contributed by atoms with Crippen molar-refractivity contribution in [3.8, 4) is 11.4 Å². The number of hydrogen-bond donors (Lipinski definition) is 2. The molecule has 0 aliphatic carbocycles. The van der Waals surface area contributed by atoms with Crippen molar-refractivity contribution in [2.45, 2.75) is 33.6 Å². The summed E-state index contributed by atoms with van der Waals surface area (Å²) in [5.41, 5.74) is 0.593. The maximum Gasteiger partial charge on any atom is 0.279 e. The molecule has 1 saturated heterocycles. The maximum atomic E-state index is 13.1. The molecular formula is C27H35N4O3+. The van der Waals surface area contributed by atoms with Crippen LogP contribution >= 0.6 is 0 Å². The van der Waals surface area contributed by atoms with Gasteiger partial charge in [-0.05, 0) is 43.7 Å². The summed E-state index contributed by atoms with van der Waals surface area (Å²) in [6.45, 7) is 11.2. The number of fused-ring (bicyclic) bond motifs is 1. The van der Waals surface area contributed by atoms with Gasteiger partial charge in [-0.3, -0.25) is 9.59 Å². The molecule has 0 saturated carbocycles. The fourth-order valence-electron chi connectivity index (χ4n) is 5.13. The van der Waals surface area contributed by atoms with Crippen molar-refractivity contribution in [2.24, 2.45) is 11.8 Å². The zero-order valence-electron chi connectivity index (χ0n) is 20.3. The van der Waals surface area contributed by atoms with E-state index in [-0.39, 0.29) is 17.2 Å². The highest BCUT2D eigenvalue weighted by atomic mass is 16.5. The zero-order valence-corrected chi connectivity index (χ0v) is 20.3. The Hall–Kier alpha value is -3.19. The Kier molecular flexibility index (Phi) is 7.63. The van der Waals surface area contributed by atoms with Gasteiger partial charge in [0, 0.05) is 30.2 Å². The number of amides is 1. The number of quaternary nitrogens is 1. The summed E-state index contributed by atoms with van der Waals surface area (Å²) in [4.78, 5) is 27.9. The molecule has 3 aromatic rings. The van der Waals surface area contributed by atoms with E-state index in [0.717, 1.165) is 30.6 Å². The molecular weight excluding hydrogens is 428 g/mol. The van der Waals surface area contributed by atoms with E-state index >= 15 is 0 Å². The fraction of sp³-hybridized carbons (Fsp3) is 0.444. The number of hydrogen-bond acceptors (Lipinski definition) is 4. The lowest BCUT2D eigenvalue weighted by Gasteiger charge is -2.32. The molecule has 7 nitrogen and oxygen atoms in total. The first-order chi connectivity index (χ1) is 16.5. The second-order valence-electron chi connectivity index (χ2n) is 9.50. The summed E-state index contributed by atoms with van der Waals surface area (Å²) in [6, 6.07) is 14.3. The Bertz CT molecular complexity index is 1180. The number of benzene rings is 2. The molecule has 0 radical (unpaired) electrons. The normalized spacial score (nSPS) is 20.3. The van der Waals surface area contributed by atoms with Gasteiger partial charge in [-0.15, -0.1) is 0 Å². The minimum Gasteiger partial charge on any atom is -0.494 e. The number of ether oxygens (including phenoxy) is 1. The van der Waals surface area contributed by atoms with Crippen molar-refractivity contribution in [1.82, 2.24) is 15.1 Å². The molecule has 2 N–H and O–H groups in total. The Balaban J connectivity index is 1.51. The van der Waals surface area contributed by atoms with E-state index in [1.54, 1.807) is 47.4 Å². The van der Waals surface area contributed by atoms with Gasteiger partial charge >= 0.3 is 0 Å². The van der Waals surface area contributed by atoms with Crippen molar-refractivity contribution in [3.63, 3.8) is 0 Å². The molecule has 1 aliphatic rings. The molecule has 4 rings (SSSR count). The summed E-state index contributed by atoms with van der Waals surface area (Å²) < 4.78 is 6.80. The molecule has 180 valence electrons. The quantitative estimate of drug-likeness (QED) is 0.503. The van der Waals surface area contributed by atoms with Crippen LogP contribution in [0.4, 0.5) is 0 Å². The Morgan fingerprint density at radius 1 is 1.09 bits per heavy atom. The van der Waals surface area contributed by atoms with E-state index in [1.807, 2.05) is 13.0 Å². The van der Waals surface area contributed by atoms with Crippen molar-refractivity contribution in [1.29, 1.82) is 0 Å². The first-order valence-electron chi connectivity index (χ1n) is 12.3. The highest BCUT2D eigenvalue weighted by Gasteiger charge is 2.24. The number of rotatable bonds is 8. The summed E-state index contributed by atoms with van der Waals surface area (Å²) in [5.74, 6) is 1.98. The van der Waals surface area contributed by atoms with E-state index in [4.69, 9.17) is 4.74 Å². The van der Waals surface area contributed by atoms with Crippen LogP contribution in [0.3, 0.4) is 0 Å². The van der Waals surface area contributed by atoms with Crippen LogP contribution in [0.15, 0.2) is 53.3 Å². The number of carbonyl (C=O) groups excluding carboxylic acids is 1. The van der Waals surface area contributed by atoms with E-state index in [2.05, 4.69) is 24.3 Å². The van der Waals surface area contributed by atoms with E-state index < -0.39 is 0 Å². The molecule has 2 atom stereocenters. The third-order valence-electron chi connectivity index (χ3n) is 6.48. The van der Waals surface area contributed by atoms with Crippen LogP contribution in [0, 0.1) is 11.8 Å². The number of nitrogens with zero attached hydrogens (tertiary/aromatic N) is 2. The van der Waals surface area contributed by atoms with Crippen LogP contribution < -0.4 is 20.5 Å². The molecule has 1 aliphatic heterocycles. The van der Waals surface area contributed by atoms with E-state index in [1.165, 1.54) is 24.2 Å². The number of nitrogens with one attached hydrogen (secondary N) is 2. The van der Waals surface area contributed by atoms with E-state index in [0.29, 0.717) is 29.6 Å². The first kappa shape index (κ1) is 24.0. The minimum absolute atomic E-state index is 0.256. The van der Waals surface area contributed by atoms with Crippen LogP contribution in [-0.2, 0) is 0 Å². The van der Waals surface area contributed by atoms with Gasteiger partial charge in [-0.25, -0.2) is 0 Å². The smallest absolute Gasteiger partial charge is 0.279 e. The predicted octanol–water partition coefficient (Wildman–Crippen LogP) is 2.47. The van der Waals surface area contributed by atoms with Crippen LogP contribution in [0.1, 0.15) is 44.1 Å². The summed E-state index contributed by atoms with van der Waals surface area (Å²) in [7, 11) is 0. The zero-order chi connectivity index (χ0) is 24.1. The summed E-state index contributed by atoms with van der Waals surface area (Å²) in [5, 5.41) is 8.54. The highest BCUT2D eigenvalue weighted by molar-refractivity contribution is 6.04. The van der Waals surface area contributed by atoms with Gasteiger partial charge in [-0.2, -0.15) is 9.78 Å². The maximum absolute atomic E-state index is 13.1. The van der Waals surface area contributed by atoms with Gasteiger partial charge in [-0.1, -0.05) is 32.0 Å². The minimum atomic E-state index is -0.258. The van der Waals surface area contributed by atoms with Crippen molar-refractivity contribution >= 4 is 16.7 Å². The molecule has 0 bridgehead atoms. The van der Waals surface area contributed by atoms with Crippen LogP contribution in [-0.4, -0.2) is 48.5 Å². The lowest BCUT2D eigenvalue weighted by atomic mass is 9.92. The third kappa shape index (κ3) is 5.47. The van der Waals surface area contributed by atoms with Gasteiger partial charge < -0.3 is 15.0 Å². The highest BCUT2D eigenvalue weighted by Crippen LogP contribution is 2.18. The van der Waals surface area contributed by atoms with Crippen LogP contribution in [0.2, 0.25) is 0 Å². The predicted molar refractivity (Wildman–Crippen MR) is 134 cm³/mol. The lowest BCUT2D eigenvalue weighted by molar-refractivity contribution is -0.912. The second-order valence-corrected chi connectivity index (χ2v) is 9.50. The van der Waals surface area contributed by atoms with Gasteiger partial charge in [0.05, 0.1) is 37.3 Å².